The molecule has 166 valence electrons. The van der Waals surface area contributed by atoms with Crippen LogP contribution in [0.25, 0.3) is 21.8 Å². The van der Waals surface area contributed by atoms with Gasteiger partial charge in [0, 0.05) is 43.3 Å². The van der Waals surface area contributed by atoms with Crippen LogP contribution in [0.5, 0.6) is 0 Å². The molecule has 1 atom stereocenters. The lowest BCUT2D eigenvalue weighted by molar-refractivity contribution is 0.0593. The van der Waals surface area contributed by atoms with Crippen molar-refractivity contribution in [1.29, 1.82) is 0 Å². The molecular weight excluding hydrogens is 442 g/mol. The van der Waals surface area contributed by atoms with Crippen LogP contribution in [-0.2, 0) is 9.84 Å². The van der Waals surface area contributed by atoms with Crippen molar-refractivity contribution in [3.05, 3.63) is 65.5 Å². The van der Waals surface area contributed by atoms with Crippen LogP contribution in [-0.4, -0.2) is 72.8 Å². The first-order valence-electron chi connectivity index (χ1n) is 10.9. The third kappa shape index (κ3) is 4.35. The van der Waals surface area contributed by atoms with Gasteiger partial charge in [-0.25, -0.2) is 13.4 Å². The number of hydrogen-bond acceptors (Lipinski definition) is 6. The van der Waals surface area contributed by atoms with Gasteiger partial charge in [0.05, 0.1) is 17.2 Å². The Morgan fingerprint density at radius 3 is 2.12 bits per heavy atom. The molecule has 0 aliphatic carbocycles. The third-order valence-corrected chi connectivity index (χ3v) is 9.06. The SMILES string of the molecule is O=C(c1sc(-c2ccccc2)nc1-c1ccccc1)N1CCN([C@H]2CCS(=O)(=O)C2)CC1. The van der Waals surface area contributed by atoms with E-state index in [1.807, 2.05) is 65.6 Å². The number of amides is 1. The average Bonchev–Trinajstić information content (AvgIpc) is 3.43. The van der Waals surface area contributed by atoms with E-state index >= 15 is 0 Å². The number of sulfone groups is 1. The minimum absolute atomic E-state index is 0.00206. The summed E-state index contributed by atoms with van der Waals surface area (Å²) < 4.78 is 23.7. The fourth-order valence-electron chi connectivity index (χ4n) is 4.46. The Labute approximate surface area is 192 Å². The Balaban J connectivity index is 1.38. The summed E-state index contributed by atoms with van der Waals surface area (Å²) in [5.41, 5.74) is 2.66. The normalized spacial score (nSPS) is 21.0. The second-order valence-corrected chi connectivity index (χ2v) is 11.5. The van der Waals surface area contributed by atoms with Crippen molar-refractivity contribution in [3.8, 4) is 21.8 Å². The molecule has 0 unspecified atom stereocenters. The van der Waals surface area contributed by atoms with Gasteiger partial charge < -0.3 is 4.90 Å². The summed E-state index contributed by atoms with van der Waals surface area (Å²) in [5.74, 6) is 0.525. The second-order valence-electron chi connectivity index (χ2n) is 8.31. The van der Waals surface area contributed by atoms with Gasteiger partial charge >= 0.3 is 0 Å². The van der Waals surface area contributed by atoms with Crippen molar-refractivity contribution in [2.45, 2.75) is 12.5 Å². The molecule has 5 rings (SSSR count). The van der Waals surface area contributed by atoms with Crippen LogP contribution >= 0.6 is 11.3 Å². The number of carbonyl (C=O) groups excluding carboxylic acids is 1. The van der Waals surface area contributed by atoms with Gasteiger partial charge in [-0.2, -0.15) is 0 Å². The predicted octanol–water partition coefficient (Wildman–Crippen LogP) is 3.42. The zero-order valence-electron chi connectivity index (χ0n) is 17.7. The molecule has 2 aromatic carbocycles. The summed E-state index contributed by atoms with van der Waals surface area (Å²) in [5, 5.41) is 0.836. The molecule has 2 aliphatic rings. The van der Waals surface area contributed by atoms with E-state index in [0.29, 0.717) is 37.5 Å². The lowest BCUT2D eigenvalue weighted by Gasteiger charge is -2.37. The Bertz CT molecular complexity index is 1200. The lowest BCUT2D eigenvalue weighted by atomic mass is 10.1. The Kier molecular flexibility index (Phi) is 5.84. The molecule has 3 aromatic rings. The fourth-order valence-corrected chi connectivity index (χ4v) is 7.28. The van der Waals surface area contributed by atoms with Gasteiger partial charge in [0.15, 0.2) is 9.84 Å². The van der Waals surface area contributed by atoms with E-state index in [4.69, 9.17) is 4.98 Å². The standard InChI is InChI=1S/C24H25N3O3S2/c28-24(27-14-12-26(13-15-27)20-11-16-32(29,30)17-20)22-21(18-7-3-1-4-8-18)25-23(31-22)19-9-5-2-6-10-19/h1-10,20H,11-17H2/t20-/m0/s1. The minimum atomic E-state index is -2.91. The number of aromatic nitrogens is 1. The number of nitrogens with zero attached hydrogens (tertiary/aromatic N) is 3. The number of benzene rings is 2. The van der Waals surface area contributed by atoms with Crippen molar-refractivity contribution < 1.29 is 13.2 Å². The number of carbonyl (C=O) groups is 1. The lowest BCUT2D eigenvalue weighted by Crippen LogP contribution is -2.52. The molecule has 6 nitrogen and oxygen atoms in total. The summed E-state index contributed by atoms with van der Waals surface area (Å²) in [6.45, 7) is 2.61. The van der Waals surface area contributed by atoms with Crippen molar-refractivity contribution in [1.82, 2.24) is 14.8 Å². The summed E-state index contributed by atoms with van der Waals surface area (Å²) in [6, 6.07) is 19.9. The third-order valence-electron chi connectivity index (χ3n) is 6.22. The van der Waals surface area contributed by atoms with Gasteiger partial charge in [0.25, 0.3) is 5.91 Å². The topological polar surface area (TPSA) is 70.6 Å². The van der Waals surface area contributed by atoms with Gasteiger partial charge in [-0.3, -0.25) is 9.69 Å². The molecule has 2 saturated heterocycles. The molecule has 32 heavy (non-hydrogen) atoms. The van der Waals surface area contributed by atoms with E-state index in [1.165, 1.54) is 11.3 Å². The summed E-state index contributed by atoms with van der Waals surface area (Å²) in [4.78, 5) is 23.2. The smallest absolute Gasteiger partial charge is 0.266 e. The second kappa shape index (κ2) is 8.77. The molecule has 3 heterocycles. The Hall–Kier alpha value is -2.55. The van der Waals surface area contributed by atoms with Crippen LogP contribution < -0.4 is 0 Å². The fraction of sp³-hybridized carbons (Fsp3) is 0.333. The van der Waals surface area contributed by atoms with E-state index in [9.17, 15) is 13.2 Å². The van der Waals surface area contributed by atoms with E-state index in [1.54, 1.807) is 0 Å². The quantitative estimate of drug-likeness (QED) is 0.588. The number of rotatable bonds is 4. The van der Waals surface area contributed by atoms with Crippen molar-refractivity contribution >= 4 is 27.1 Å². The summed E-state index contributed by atoms with van der Waals surface area (Å²) >= 11 is 1.44. The maximum absolute atomic E-state index is 13.6. The first kappa shape index (κ1) is 21.3. The number of hydrogen-bond donors (Lipinski definition) is 0. The molecule has 2 fully saturated rings. The highest BCUT2D eigenvalue weighted by Gasteiger charge is 2.35. The molecule has 0 N–H and O–H groups in total. The molecule has 0 saturated carbocycles. The highest BCUT2D eigenvalue weighted by atomic mass is 32.2. The van der Waals surface area contributed by atoms with Gasteiger partial charge in [-0.05, 0) is 6.42 Å². The molecule has 1 aromatic heterocycles. The van der Waals surface area contributed by atoms with Crippen LogP contribution in [0.4, 0.5) is 0 Å². The van der Waals surface area contributed by atoms with E-state index in [2.05, 4.69) is 4.90 Å². The average molecular weight is 468 g/mol. The highest BCUT2D eigenvalue weighted by Crippen LogP contribution is 2.35. The maximum atomic E-state index is 13.6. The molecule has 1 amide bonds. The van der Waals surface area contributed by atoms with Crippen LogP contribution in [0.1, 0.15) is 16.1 Å². The van der Waals surface area contributed by atoms with E-state index in [-0.39, 0.29) is 23.5 Å². The van der Waals surface area contributed by atoms with Crippen molar-refractivity contribution in [2.75, 3.05) is 37.7 Å². The molecule has 2 aliphatic heterocycles. The minimum Gasteiger partial charge on any atom is -0.335 e. The molecular formula is C24H25N3O3S2. The molecule has 8 heteroatoms. The van der Waals surface area contributed by atoms with Gasteiger partial charge in [0.2, 0.25) is 0 Å². The zero-order chi connectivity index (χ0) is 22.1. The first-order valence-corrected chi connectivity index (χ1v) is 13.5. The predicted molar refractivity (Wildman–Crippen MR) is 128 cm³/mol. The van der Waals surface area contributed by atoms with E-state index in [0.717, 1.165) is 21.8 Å². The summed E-state index contributed by atoms with van der Waals surface area (Å²) in [6.07, 6.45) is 0.698. The van der Waals surface area contributed by atoms with E-state index < -0.39 is 9.84 Å². The van der Waals surface area contributed by atoms with Crippen LogP contribution in [0, 0.1) is 0 Å². The van der Waals surface area contributed by atoms with Crippen LogP contribution in [0.3, 0.4) is 0 Å². The van der Waals surface area contributed by atoms with Crippen molar-refractivity contribution in [3.63, 3.8) is 0 Å². The number of piperazine rings is 1. The Morgan fingerprint density at radius 2 is 1.53 bits per heavy atom. The summed E-state index contributed by atoms with van der Waals surface area (Å²) in [7, 11) is -2.91. The largest absolute Gasteiger partial charge is 0.335 e. The van der Waals surface area contributed by atoms with Gasteiger partial charge in [0.1, 0.15) is 9.88 Å². The van der Waals surface area contributed by atoms with Gasteiger partial charge in [-0.1, -0.05) is 60.7 Å². The van der Waals surface area contributed by atoms with Crippen LogP contribution in [0.2, 0.25) is 0 Å². The maximum Gasteiger partial charge on any atom is 0.266 e. The van der Waals surface area contributed by atoms with Crippen molar-refractivity contribution in [2.24, 2.45) is 0 Å². The van der Waals surface area contributed by atoms with Gasteiger partial charge in [-0.15, -0.1) is 11.3 Å². The first-order chi connectivity index (χ1) is 15.5. The Morgan fingerprint density at radius 1 is 0.906 bits per heavy atom. The molecule has 0 spiro atoms. The highest BCUT2D eigenvalue weighted by molar-refractivity contribution is 7.91. The molecule has 0 radical (unpaired) electrons. The monoisotopic (exact) mass is 467 g/mol. The molecule has 0 bridgehead atoms. The van der Waals surface area contributed by atoms with Crippen LogP contribution in [0.15, 0.2) is 60.7 Å². The zero-order valence-corrected chi connectivity index (χ0v) is 19.3. The number of thiazole rings is 1.